The second kappa shape index (κ2) is 7.23. The Morgan fingerprint density at radius 1 is 1.37 bits per heavy atom. The predicted molar refractivity (Wildman–Crippen MR) is 74.8 cm³/mol. The minimum absolute atomic E-state index is 0.0423. The summed E-state index contributed by atoms with van der Waals surface area (Å²) in [5.74, 6) is 0.0423. The molecule has 1 saturated heterocycles. The van der Waals surface area contributed by atoms with Gasteiger partial charge in [-0.3, -0.25) is 9.69 Å². The summed E-state index contributed by atoms with van der Waals surface area (Å²) in [5.41, 5.74) is 7.41. The van der Waals surface area contributed by atoms with Crippen LogP contribution >= 0.6 is 0 Å². The minimum atomic E-state index is 0.0423. The van der Waals surface area contributed by atoms with Crippen molar-refractivity contribution in [2.75, 3.05) is 38.2 Å². The van der Waals surface area contributed by atoms with Crippen molar-refractivity contribution < 1.29 is 9.53 Å². The standard InChI is InChI=1S/C14H21N3O2/c15-11-12-2-1-3-13(10-12)16-14(18)4-5-17-6-8-19-9-7-17/h1-3,10H,4-9,11,15H2,(H,16,18). The Morgan fingerprint density at radius 3 is 2.89 bits per heavy atom. The first kappa shape index (κ1) is 14.0. The SMILES string of the molecule is NCc1cccc(NC(=O)CCN2CCOCC2)c1. The van der Waals surface area contributed by atoms with Crippen LogP contribution in [0.1, 0.15) is 12.0 Å². The average molecular weight is 263 g/mol. The lowest BCUT2D eigenvalue weighted by molar-refractivity contribution is -0.116. The zero-order valence-corrected chi connectivity index (χ0v) is 11.1. The van der Waals surface area contributed by atoms with Gasteiger partial charge in [-0.2, -0.15) is 0 Å². The van der Waals surface area contributed by atoms with Gasteiger partial charge in [-0.05, 0) is 17.7 Å². The molecular weight excluding hydrogens is 242 g/mol. The number of morpholine rings is 1. The van der Waals surface area contributed by atoms with Crippen molar-refractivity contribution in [3.8, 4) is 0 Å². The summed E-state index contributed by atoms with van der Waals surface area (Å²) in [6, 6.07) is 7.64. The van der Waals surface area contributed by atoms with E-state index in [0.717, 1.165) is 44.1 Å². The number of rotatable bonds is 5. The molecule has 0 spiro atoms. The number of anilines is 1. The van der Waals surface area contributed by atoms with Crippen molar-refractivity contribution in [3.63, 3.8) is 0 Å². The number of hydrogen-bond donors (Lipinski definition) is 2. The maximum Gasteiger partial charge on any atom is 0.225 e. The Labute approximate surface area is 113 Å². The van der Waals surface area contributed by atoms with Gasteiger partial charge in [0, 0.05) is 38.3 Å². The molecule has 1 aromatic carbocycles. The van der Waals surface area contributed by atoms with Crippen LogP contribution in [0.2, 0.25) is 0 Å². The first-order valence-electron chi connectivity index (χ1n) is 6.67. The number of nitrogens with one attached hydrogen (secondary N) is 1. The highest BCUT2D eigenvalue weighted by Crippen LogP contribution is 2.10. The number of nitrogens with zero attached hydrogens (tertiary/aromatic N) is 1. The third kappa shape index (κ3) is 4.63. The van der Waals surface area contributed by atoms with Crippen LogP contribution in [0.15, 0.2) is 24.3 Å². The second-order valence-corrected chi connectivity index (χ2v) is 4.66. The number of carbonyl (C=O) groups is 1. The van der Waals surface area contributed by atoms with Crippen molar-refractivity contribution in [3.05, 3.63) is 29.8 Å². The Bertz CT molecular complexity index is 417. The molecule has 0 unspecified atom stereocenters. The van der Waals surface area contributed by atoms with E-state index < -0.39 is 0 Å². The van der Waals surface area contributed by atoms with Gasteiger partial charge in [0.25, 0.3) is 0 Å². The molecule has 0 aliphatic carbocycles. The van der Waals surface area contributed by atoms with Crippen LogP contribution in [-0.4, -0.2) is 43.7 Å². The molecule has 0 saturated carbocycles. The number of amides is 1. The third-order valence-electron chi connectivity index (χ3n) is 3.21. The van der Waals surface area contributed by atoms with Crippen molar-refractivity contribution in [1.82, 2.24) is 4.90 Å². The molecule has 5 heteroatoms. The fourth-order valence-electron chi connectivity index (χ4n) is 2.08. The monoisotopic (exact) mass is 263 g/mol. The summed E-state index contributed by atoms with van der Waals surface area (Å²) in [6.45, 7) is 4.62. The molecule has 5 nitrogen and oxygen atoms in total. The molecule has 19 heavy (non-hydrogen) atoms. The van der Waals surface area contributed by atoms with Gasteiger partial charge in [0.2, 0.25) is 5.91 Å². The van der Waals surface area contributed by atoms with Crippen molar-refractivity contribution >= 4 is 11.6 Å². The molecule has 1 amide bonds. The molecule has 104 valence electrons. The van der Waals surface area contributed by atoms with Gasteiger partial charge in [-0.25, -0.2) is 0 Å². The molecule has 0 bridgehead atoms. The summed E-state index contributed by atoms with van der Waals surface area (Å²) in [6.07, 6.45) is 0.507. The van der Waals surface area contributed by atoms with E-state index in [1.807, 2.05) is 24.3 Å². The molecule has 0 atom stereocenters. The van der Waals surface area contributed by atoms with Crippen LogP contribution in [0.25, 0.3) is 0 Å². The summed E-state index contributed by atoms with van der Waals surface area (Å²) in [7, 11) is 0. The number of carbonyl (C=O) groups excluding carboxylic acids is 1. The van der Waals surface area contributed by atoms with Crippen molar-refractivity contribution in [2.45, 2.75) is 13.0 Å². The number of nitrogens with two attached hydrogens (primary N) is 1. The van der Waals surface area contributed by atoms with Crippen LogP contribution in [-0.2, 0) is 16.1 Å². The van der Waals surface area contributed by atoms with Crippen molar-refractivity contribution in [1.29, 1.82) is 0 Å². The van der Waals surface area contributed by atoms with Gasteiger partial charge in [-0.1, -0.05) is 12.1 Å². The minimum Gasteiger partial charge on any atom is -0.379 e. The Kier molecular flexibility index (Phi) is 5.32. The number of ether oxygens (including phenoxy) is 1. The van der Waals surface area contributed by atoms with Gasteiger partial charge in [0.15, 0.2) is 0 Å². The van der Waals surface area contributed by atoms with Crippen molar-refractivity contribution in [2.24, 2.45) is 5.73 Å². The topological polar surface area (TPSA) is 67.6 Å². The summed E-state index contributed by atoms with van der Waals surface area (Å²) in [5, 5.41) is 2.90. The van der Waals surface area contributed by atoms with E-state index >= 15 is 0 Å². The largest absolute Gasteiger partial charge is 0.379 e. The molecule has 1 fully saturated rings. The highest BCUT2D eigenvalue weighted by molar-refractivity contribution is 5.90. The van der Waals surface area contributed by atoms with E-state index in [4.69, 9.17) is 10.5 Å². The fraction of sp³-hybridized carbons (Fsp3) is 0.500. The third-order valence-corrected chi connectivity index (χ3v) is 3.21. The van der Waals surface area contributed by atoms with E-state index in [-0.39, 0.29) is 5.91 Å². The summed E-state index contributed by atoms with van der Waals surface area (Å²) in [4.78, 5) is 14.1. The fourth-order valence-corrected chi connectivity index (χ4v) is 2.08. The molecule has 2 rings (SSSR count). The van der Waals surface area contributed by atoms with E-state index in [2.05, 4.69) is 10.2 Å². The lowest BCUT2D eigenvalue weighted by Gasteiger charge is -2.26. The van der Waals surface area contributed by atoms with E-state index in [1.165, 1.54) is 0 Å². The van der Waals surface area contributed by atoms with Crippen LogP contribution in [0.5, 0.6) is 0 Å². The Morgan fingerprint density at radius 2 is 2.16 bits per heavy atom. The van der Waals surface area contributed by atoms with E-state index in [1.54, 1.807) is 0 Å². The van der Waals surface area contributed by atoms with Crippen LogP contribution in [0, 0.1) is 0 Å². The first-order chi connectivity index (χ1) is 9.28. The molecular formula is C14H21N3O2. The molecule has 3 N–H and O–H groups in total. The Hall–Kier alpha value is -1.43. The molecule has 0 radical (unpaired) electrons. The molecule has 1 aliphatic heterocycles. The molecule has 1 heterocycles. The summed E-state index contributed by atoms with van der Waals surface area (Å²) < 4.78 is 5.27. The summed E-state index contributed by atoms with van der Waals surface area (Å²) >= 11 is 0. The Balaban J connectivity index is 1.76. The zero-order valence-electron chi connectivity index (χ0n) is 11.1. The average Bonchev–Trinajstić information content (AvgIpc) is 2.46. The molecule has 1 aromatic rings. The molecule has 0 aromatic heterocycles. The normalized spacial score (nSPS) is 16.3. The number of hydrogen-bond acceptors (Lipinski definition) is 4. The highest BCUT2D eigenvalue weighted by Gasteiger charge is 2.11. The predicted octanol–water partition coefficient (Wildman–Crippen LogP) is 0.806. The van der Waals surface area contributed by atoms with E-state index in [9.17, 15) is 4.79 Å². The van der Waals surface area contributed by atoms with Gasteiger partial charge < -0.3 is 15.8 Å². The van der Waals surface area contributed by atoms with Gasteiger partial charge in [0.1, 0.15) is 0 Å². The van der Waals surface area contributed by atoms with Crippen LogP contribution in [0.4, 0.5) is 5.69 Å². The maximum absolute atomic E-state index is 11.9. The highest BCUT2D eigenvalue weighted by atomic mass is 16.5. The first-order valence-corrected chi connectivity index (χ1v) is 6.67. The lowest BCUT2D eigenvalue weighted by atomic mass is 10.2. The molecule has 1 aliphatic rings. The van der Waals surface area contributed by atoms with Gasteiger partial charge >= 0.3 is 0 Å². The van der Waals surface area contributed by atoms with Crippen LogP contribution < -0.4 is 11.1 Å². The second-order valence-electron chi connectivity index (χ2n) is 4.66. The number of benzene rings is 1. The van der Waals surface area contributed by atoms with E-state index in [0.29, 0.717) is 13.0 Å². The van der Waals surface area contributed by atoms with Crippen LogP contribution in [0.3, 0.4) is 0 Å². The smallest absolute Gasteiger partial charge is 0.225 e. The van der Waals surface area contributed by atoms with Gasteiger partial charge in [-0.15, -0.1) is 0 Å². The zero-order chi connectivity index (χ0) is 13.5. The maximum atomic E-state index is 11.9. The quantitative estimate of drug-likeness (QED) is 0.825. The lowest BCUT2D eigenvalue weighted by Crippen LogP contribution is -2.38. The van der Waals surface area contributed by atoms with Gasteiger partial charge in [0.05, 0.1) is 13.2 Å².